The first-order chi connectivity index (χ1) is 10.6. The largest absolute Gasteiger partial charge is 0.383 e. The predicted octanol–water partition coefficient (Wildman–Crippen LogP) is 1.29. The first-order valence-corrected chi connectivity index (χ1v) is 8.78. The van der Waals surface area contributed by atoms with E-state index in [1.165, 1.54) is 25.7 Å². The summed E-state index contributed by atoms with van der Waals surface area (Å²) in [5, 5.41) is 0. The van der Waals surface area contributed by atoms with E-state index in [1.807, 2.05) is 11.9 Å². The van der Waals surface area contributed by atoms with Crippen LogP contribution >= 0.6 is 0 Å². The van der Waals surface area contributed by atoms with E-state index in [-0.39, 0.29) is 5.92 Å². The van der Waals surface area contributed by atoms with E-state index < -0.39 is 0 Å². The third kappa shape index (κ3) is 4.93. The second-order valence-electron chi connectivity index (χ2n) is 6.96. The lowest BCUT2D eigenvalue weighted by molar-refractivity contribution is -0.134. The lowest BCUT2D eigenvalue weighted by Crippen LogP contribution is -2.41. The van der Waals surface area contributed by atoms with Gasteiger partial charge in [-0.1, -0.05) is 12.8 Å². The normalized spacial score (nSPS) is 23.5. The fraction of sp³-hybridized carbons (Fsp3) is 0.941. The van der Waals surface area contributed by atoms with Crippen molar-refractivity contribution in [3.8, 4) is 0 Å². The van der Waals surface area contributed by atoms with E-state index in [0.29, 0.717) is 5.91 Å². The molecular weight excluding hydrogens is 278 g/mol. The maximum absolute atomic E-state index is 12.5. The quantitative estimate of drug-likeness (QED) is 0.677. The molecule has 0 bridgehead atoms. The maximum atomic E-state index is 12.5. The summed E-state index contributed by atoms with van der Waals surface area (Å²) in [4.78, 5) is 19.3. The summed E-state index contributed by atoms with van der Waals surface area (Å²) in [6, 6.07) is 0.736. The van der Waals surface area contributed by atoms with Crippen LogP contribution in [0.1, 0.15) is 32.1 Å². The third-order valence-electron chi connectivity index (χ3n) is 5.35. The Morgan fingerprint density at radius 3 is 2.59 bits per heavy atom. The Hall–Kier alpha value is -0.650. The number of carbonyl (C=O) groups is 1. The Labute approximate surface area is 135 Å². The van der Waals surface area contributed by atoms with E-state index >= 15 is 0 Å². The van der Waals surface area contributed by atoms with Gasteiger partial charge in [-0.2, -0.15) is 0 Å². The van der Waals surface area contributed by atoms with E-state index in [2.05, 4.69) is 16.8 Å². The van der Waals surface area contributed by atoms with Crippen LogP contribution in [0.4, 0.5) is 0 Å². The minimum atomic E-state index is 0.179. The molecule has 5 heteroatoms. The number of ether oxygens (including phenoxy) is 1. The highest BCUT2D eigenvalue weighted by Gasteiger charge is 2.30. The Morgan fingerprint density at radius 1 is 1.18 bits per heavy atom. The maximum Gasteiger partial charge on any atom is 0.226 e. The Bertz CT molecular complexity index is 345. The minimum absolute atomic E-state index is 0.179. The number of carbonyl (C=O) groups excluding carboxylic acids is 1. The molecule has 5 nitrogen and oxygen atoms in total. The molecule has 0 aromatic carbocycles. The molecule has 1 saturated heterocycles. The smallest absolute Gasteiger partial charge is 0.226 e. The first kappa shape index (κ1) is 17.7. The third-order valence-corrected chi connectivity index (χ3v) is 5.35. The summed E-state index contributed by atoms with van der Waals surface area (Å²) in [5.74, 6) is 0.499. The van der Waals surface area contributed by atoms with Crippen molar-refractivity contribution in [2.24, 2.45) is 5.92 Å². The average molecular weight is 311 g/mol. The zero-order chi connectivity index (χ0) is 15.9. The van der Waals surface area contributed by atoms with Gasteiger partial charge in [-0.15, -0.1) is 0 Å². The van der Waals surface area contributed by atoms with Crippen molar-refractivity contribution in [3.63, 3.8) is 0 Å². The van der Waals surface area contributed by atoms with Crippen LogP contribution in [0.15, 0.2) is 0 Å². The number of likely N-dealkylation sites (N-methyl/N-ethyl adjacent to an activating group) is 2. The lowest BCUT2D eigenvalue weighted by atomic mass is 10.1. The van der Waals surface area contributed by atoms with Crippen molar-refractivity contribution in [2.75, 3.05) is 60.5 Å². The number of hydrogen-bond donors (Lipinski definition) is 0. The van der Waals surface area contributed by atoms with Gasteiger partial charge < -0.3 is 19.4 Å². The van der Waals surface area contributed by atoms with E-state index in [4.69, 9.17) is 4.74 Å². The van der Waals surface area contributed by atoms with Crippen LogP contribution in [0.2, 0.25) is 0 Å². The molecule has 22 heavy (non-hydrogen) atoms. The average Bonchev–Trinajstić information content (AvgIpc) is 3.20. The van der Waals surface area contributed by atoms with Crippen molar-refractivity contribution in [1.29, 1.82) is 0 Å². The van der Waals surface area contributed by atoms with E-state index in [1.54, 1.807) is 7.11 Å². The van der Waals surface area contributed by atoms with Crippen molar-refractivity contribution in [3.05, 3.63) is 0 Å². The highest BCUT2D eigenvalue weighted by molar-refractivity contribution is 5.79. The Morgan fingerprint density at radius 2 is 1.91 bits per heavy atom. The van der Waals surface area contributed by atoms with Crippen molar-refractivity contribution in [2.45, 2.75) is 38.1 Å². The first-order valence-electron chi connectivity index (χ1n) is 8.78. The molecule has 0 N–H and O–H groups in total. The van der Waals surface area contributed by atoms with Crippen molar-refractivity contribution < 1.29 is 9.53 Å². The van der Waals surface area contributed by atoms with Crippen LogP contribution in [0.5, 0.6) is 0 Å². The van der Waals surface area contributed by atoms with Gasteiger partial charge in [0.15, 0.2) is 0 Å². The van der Waals surface area contributed by atoms with E-state index in [9.17, 15) is 4.79 Å². The second-order valence-corrected chi connectivity index (χ2v) is 6.96. The van der Waals surface area contributed by atoms with Crippen LogP contribution in [0.3, 0.4) is 0 Å². The standard InChI is InChI=1S/C17H33N3O2/c1-18(16-6-4-5-7-16)10-11-19(2)17(21)15-8-9-20(14-15)12-13-22-3/h15-16H,4-14H2,1-3H3. The molecule has 0 aromatic heterocycles. The van der Waals surface area contributed by atoms with Gasteiger partial charge in [0.1, 0.15) is 0 Å². The molecule has 1 aliphatic carbocycles. The molecule has 1 unspecified atom stereocenters. The van der Waals surface area contributed by atoms with Crippen LogP contribution in [0.25, 0.3) is 0 Å². The Balaban J connectivity index is 1.68. The summed E-state index contributed by atoms with van der Waals surface area (Å²) in [7, 11) is 5.90. The molecule has 1 heterocycles. The summed E-state index contributed by atoms with van der Waals surface area (Å²) >= 11 is 0. The lowest BCUT2D eigenvalue weighted by Gasteiger charge is -2.28. The molecule has 2 rings (SSSR count). The topological polar surface area (TPSA) is 36.0 Å². The van der Waals surface area contributed by atoms with Gasteiger partial charge >= 0.3 is 0 Å². The summed E-state index contributed by atoms with van der Waals surface area (Å²) in [5.41, 5.74) is 0. The van der Waals surface area contributed by atoms with Gasteiger partial charge in [0.05, 0.1) is 12.5 Å². The van der Waals surface area contributed by atoms with Crippen LogP contribution in [-0.2, 0) is 9.53 Å². The number of nitrogens with zero attached hydrogens (tertiary/aromatic N) is 3. The van der Waals surface area contributed by atoms with Crippen LogP contribution < -0.4 is 0 Å². The minimum Gasteiger partial charge on any atom is -0.383 e. The molecule has 1 atom stereocenters. The van der Waals surface area contributed by atoms with Gasteiger partial charge in [0, 0.05) is 46.4 Å². The summed E-state index contributed by atoms with van der Waals surface area (Å²) in [6.07, 6.45) is 6.37. The number of rotatable bonds is 8. The van der Waals surface area contributed by atoms with Crippen molar-refractivity contribution >= 4 is 5.91 Å². The summed E-state index contributed by atoms with van der Waals surface area (Å²) in [6.45, 7) is 5.45. The molecular formula is C17H33N3O2. The van der Waals surface area contributed by atoms with Gasteiger partial charge in [-0.3, -0.25) is 4.79 Å². The molecule has 0 aromatic rings. The predicted molar refractivity (Wildman–Crippen MR) is 88.9 cm³/mol. The fourth-order valence-corrected chi connectivity index (χ4v) is 3.71. The number of likely N-dealkylation sites (tertiary alicyclic amines) is 1. The number of amides is 1. The molecule has 2 aliphatic rings. The number of methoxy groups -OCH3 is 1. The molecule has 1 saturated carbocycles. The second kappa shape index (κ2) is 8.85. The number of hydrogen-bond acceptors (Lipinski definition) is 4. The molecule has 2 fully saturated rings. The molecule has 0 radical (unpaired) electrons. The van der Waals surface area contributed by atoms with Gasteiger partial charge in [0.2, 0.25) is 5.91 Å². The van der Waals surface area contributed by atoms with Crippen molar-refractivity contribution in [1.82, 2.24) is 14.7 Å². The van der Waals surface area contributed by atoms with Gasteiger partial charge in [0.25, 0.3) is 0 Å². The SMILES string of the molecule is COCCN1CCC(C(=O)N(C)CCN(C)C2CCCC2)C1. The van der Waals surface area contributed by atoms with Gasteiger partial charge in [-0.25, -0.2) is 0 Å². The summed E-state index contributed by atoms with van der Waals surface area (Å²) < 4.78 is 5.12. The monoisotopic (exact) mass is 311 g/mol. The van der Waals surface area contributed by atoms with E-state index in [0.717, 1.165) is 51.8 Å². The molecule has 128 valence electrons. The Kier molecular flexibility index (Phi) is 7.12. The molecule has 1 amide bonds. The molecule has 0 spiro atoms. The van der Waals surface area contributed by atoms with Gasteiger partial charge in [-0.05, 0) is 32.9 Å². The zero-order valence-corrected chi connectivity index (χ0v) is 14.6. The molecule has 1 aliphatic heterocycles. The zero-order valence-electron chi connectivity index (χ0n) is 14.6. The van der Waals surface area contributed by atoms with Crippen LogP contribution in [0, 0.1) is 5.92 Å². The van der Waals surface area contributed by atoms with Crippen LogP contribution in [-0.4, -0.2) is 87.2 Å². The highest BCUT2D eigenvalue weighted by Crippen LogP contribution is 2.22. The highest BCUT2D eigenvalue weighted by atomic mass is 16.5. The fourth-order valence-electron chi connectivity index (χ4n) is 3.71.